The van der Waals surface area contributed by atoms with Crippen molar-refractivity contribution in [3.05, 3.63) is 18.0 Å². The molecule has 0 radical (unpaired) electrons. The molecule has 3 rings (SSSR count). The van der Waals surface area contributed by atoms with Crippen LogP contribution in [0.3, 0.4) is 0 Å². The molecular weight excluding hydrogens is 280 g/mol. The summed E-state index contributed by atoms with van der Waals surface area (Å²) in [7, 11) is 1.51. The van der Waals surface area contributed by atoms with Gasteiger partial charge in [0, 0.05) is 25.8 Å². The first kappa shape index (κ1) is 15.2. The fraction of sp³-hybridized carbons (Fsp3) is 0.688. The monoisotopic (exact) mass is 304 g/mol. The van der Waals surface area contributed by atoms with Gasteiger partial charge in [-0.05, 0) is 44.3 Å². The van der Waals surface area contributed by atoms with E-state index in [0.717, 1.165) is 26.1 Å². The molecule has 6 heteroatoms. The first-order valence-corrected chi connectivity index (χ1v) is 8.15. The van der Waals surface area contributed by atoms with E-state index in [0.29, 0.717) is 11.6 Å². The molecule has 0 aliphatic carbocycles. The fourth-order valence-corrected chi connectivity index (χ4v) is 3.39. The lowest BCUT2D eigenvalue weighted by Crippen LogP contribution is -2.36. The first-order valence-electron chi connectivity index (χ1n) is 8.15. The van der Waals surface area contributed by atoms with Crippen molar-refractivity contribution in [3.63, 3.8) is 0 Å². The molecule has 0 spiro atoms. The molecule has 2 aliphatic rings. The Labute approximate surface area is 131 Å². The van der Waals surface area contributed by atoms with E-state index in [1.165, 1.54) is 39.5 Å². The molecule has 1 unspecified atom stereocenters. The molecule has 22 heavy (non-hydrogen) atoms. The molecule has 3 heterocycles. The number of amides is 1. The Morgan fingerprint density at radius 2 is 2.14 bits per heavy atom. The second-order valence-electron chi connectivity index (χ2n) is 6.20. The van der Waals surface area contributed by atoms with Crippen LogP contribution in [0.25, 0.3) is 0 Å². The molecule has 6 nitrogen and oxygen atoms in total. The zero-order valence-electron chi connectivity index (χ0n) is 13.2. The lowest BCUT2D eigenvalue weighted by Gasteiger charge is -2.28. The van der Waals surface area contributed by atoms with Gasteiger partial charge in [-0.25, -0.2) is 4.98 Å². The van der Waals surface area contributed by atoms with Crippen LogP contribution in [-0.4, -0.2) is 65.5 Å². The summed E-state index contributed by atoms with van der Waals surface area (Å²) in [5.41, 5.74) is 0.422. The summed E-state index contributed by atoms with van der Waals surface area (Å²) in [5, 5.41) is 0. The van der Waals surface area contributed by atoms with Crippen LogP contribution in [0.1, 0.15) is 36.2 Å². The van der Waals surface area contributed by atoms with Gasteiger partial charge in [0.05, 0.1) is 7.11 Å². The maximum atomic E-state index is 12.5. The summed E-state index contributed by atoms with van der Waals surface area (Å²) in [6, 6.07) is 1.90. The summed E-state index contributed by atoms with van der Waals surface area (Å²) in [5.74, 6) is 0.577. The second kappa shape index (κ2) is 7.05. The number of aromatic nitrogens is 2. The number of methoxy groups -OCH3 is 1. The first-order chi connectivity index (χ1) is 10.8. The van der Waals surface area contributed by atoms with E-state index < -0.39 is 0 Å². The van der Waals surface area contributed by atoms with Crippen LogP contribution in [0.2, 0.25) is 0 Å². The van der Waals surface area contributed by atoms with Gasteiger partial charge in [0.2, 0.25) is 0 Å². The van der Waals surface area contributed by atoms with Crippen molar-refractivity contribution in [1.29, 1.82) is 0 Å². The van der Waals surface area contributed by atoms with Gasteiger partial charge in [0.15, 0.2) is 0 Å². The van der Waals surface area contributed by atoms with Gasteiger partial charge in [-0.3, -0.25) is 4.79 Å². The van der Waals surface area contributed by atoms with E-state index in [1.54, 1.807) is 12.3 Å². The molecule has 0 saturated carbocycles. The van der Waals surface area contributed by atoms with Gasteiger partial charge in [0.25, 0.3) is 5.91 Å². The molecule has 2 saturated heterocycles. The summed E-state index contributed by atoms with van der Waals surface area (Å²) in [4.78, 5) is 25.1. The van der Waals surface area contributed by atoms with Crippen LogP contribution < -0.4 is 4.74 Å². The molecule has 2 fully saturated rings. The molecule has 120 valence electrons. The van der Waals surface area contributed by atoms with Crippen molar-refractivity contribution in [2.75, 3.05) is 39.8 Å². The molecule has 1 aromatic heterocycles. The van der Waals surface area contributed by atoms with Crippen molar-refractivity contribution in [3.8, 4) is 6.01 Å². The smallest absolute Gasteiger partial charge is 0.316 e. The molecule has 1 atom stereocenters. The highest BCUT2D eigenvalue weighted by Crippen LogP contribution is 2.21. The summed E-state index contributed by atoms with van der Waals surface area (Å²) in [6.45, 7) is 5.21. The number of rotatable bonds is 4. The fourth-order valence-electron chi connectivity index (χ4n) is 3.39. The third-order valence-electron chi connectivity index (χ3n) is 4.57. The van der Waals surface area contributed by atoms with E-state index >= 15 is 0 Å². The molecule has 1 amide bonds. The highest BCUT2D eigenvalue weighted by atomic mass is 16.5. The van der Waals surface area contributed by atoms with Crippen LogP contribution in [-0.2, 0) is 0 Å². The Balaban J connectivity index is 1.56. The minimum absolute atomic E-state index is 0.0122. The van der Waals surface area contributed by atoms with Crippen molar-refractivity contribution in [1.82, 2.24) is 19.8 Å². The van der Waals surface area contributed by atoms with Gasteiger partial charge in [-0.15, -0.1) is 0 Å². The second-order valence-corrected chi connectivity index (χ2v) is 6.20. The summed E-state index contributed by atoms with van der Waals surface area (Å²) in [6.07, 6.45) is 6.65. The molecule has 0 N–H and O–H groups in total. The number of ether oxygens (including phenoxy) is 1. The molecule has 2 aliphatic heterocycles. The Hall–Kier alpha value is -1.69. The van der Waals surface area contributed by atoms with Gasteiger partial charge in [-0.1, -0.05) is 6.42 Å². The van der Waals surface area contributed by atoms with E-state index in [-0.39, 0.29) is 11.9 Å². The van der Waals surface area contributed by atoms with E-state index in [1.807, 2.05) is 4.90 Å². The quantitative estimate of drug-likeness (QED) is 0.842. The molecule has 0 aromatic carbocycles. The van der Waals surface area contributed by atoms with E-state index in [9.17, 15) is 4.79 Å². The van der Waals surface area contributed by atoms with Crippen LogP contribution in [0, 0.1) is 5.92 Å². The van der Waals surface area contributed by atoms with Crippen LogP contribution in [0.15, 0.2) is 12.3 Å². The maximum absolute atomic E-state index is 12.5. The van der Waals surface area contributed by atoms with E-state index in [2.05, 4.69) is 14.9 Å². The summed E-state index contributed by atoms with van der Waals surface area (Å²) < 4.78 is 4.99. The lowest BCUT2D eigenvalue weighted by molar-refractivity contribution is 0.0775. The van der Waals surface area contributed by atoms with Gasteiger partial charge >= 0.3 is 6.01 Å². The zero-order valence-corrected chi connectivity index (χ0v) is 13.2. The Morgan fingerprint density at radius 1 is 1.32 bits per heavy atom. The number of nitrogens with zero attached hydrogens (tertiary/aromatic N) is 4. The number of carbonyl (C=O) groups excluding carboxylic acids is 1. The average molecular weight is 304 g/mol. The number of likely N-dealkylation sites (tertiary alicyclic amines) is 2. The molecule has 0 bridgehead atoms. The topological polar surface area (TPSA) is 58.6 Å². The standard InChI is InChI=1S/C16H24N4O2/c1-22-16-17-7-5-14(18-16)15(21)20-10-6-13(12-20)11-19-8-3-2-4-9-19/h5,7,13H,2-4,6,8-12H2,1H3. The van der Waals surface area contributed by atoms with Crippen LogP contribution in [0.5, 0.6) is 6.01 Å². The zero-order chi connectivity index (χ0) is 15.4. The highest BCUT2D eigenvalue weighted by Gasteiger charge is 2.29. The Bertz CT molecular complexity index is 517. The molecule has 1 aromatic rings. The minimum Gasteiger partial charge on any atom is -0.467 e. The van der Waals surface area contributed by atoms with Gasteiger partial charge < -0.3 is 14.5 Å². The predicted octanol–water partition coefficient (Wildman–Crippen LogP) is 1.43. The van der Waals surface area contributed by atoms with Crippen LogP contribution in [0.4, 0.5) is 0 Å². The number of hydrogen-bond acceptors (Lipinski definition) is 5. The van der Waals surface area contributed by atoms with Crippen LogP contribution >= 0.6 is 0 Å². The number of hydrogen-bond donors (Lipinski definition) is 0. The maximum Gasteiger partial charge on any atom is 0.316 e. The third-order valence-corrected chi connectivity index (χ3v) is 4.57. The predicted molar refractivity (Wildman–Crippen MR) is 82.9 cm³/mol. The minimum atomic E-state index is -0.0122. The number of carbonyl (C=O) groups is 1. The SMILES string of the molecule is COc1nccc(C(=O)N2CCC(CN3CCCCC3)C2)n1. The lowest BCUT2D eigenvalue weighted by atomic mass is 10.1. The van der Waals surface area contributed by atoms with Gasteiger partial charge in [0.1, 0.15) is 5.69 Å². The number of piperidine rings is 1. The van der Waals surface area contributed by atoms with Crippen molar-refractivity contribution in [2.24, 2.45) is 5.92 Å². The Kier molecular flexibility index (Phi) is 4.87. The third kappa shape index (κ3) is 3.55. The van der Waals surface area contributed by atoms with Crippen molar-refractivity contribution < 1.29 is 9.53 Å². The summed E-state index contributed by atoms with van der Waals surface area (Å²) >= 11 is 0. The van der Waals surface area contributed by atoms with Crippen molar-refractivity contribution in [2.45, 2.75) is 25.7 Å². The molecular formula is C16H24N4O2. The van der Waals surface area contributed by atoms with Gasteiger partial charge in [-0.2, -0.15) is 4.98 Å². The Morgan fingerprint density at radius 3 is 2.91 bits per heavy atom. The largest absolute Gasteiger partial charge is 0.467 e. The average Bonchev–Trinajstić information content (AvgIpc) is 3.03. The van der Waals surface area contributed by atoms with Crippen molar-refractivity contribution >= 4 is 5.91 Å². The highest BCUT2D eigenvalue weighted by molar-refractivity contribution is 5.92. The normalized spacial score (nSPS) is 22.8. The van der Waals surface area contributed by atoms with E-state index in [4.69, 9.17) is 4.74 Å².